The summed E-state index contributed by atoms with van der Waals surface area (Å²) in [5.41, 5.74) is 4.32. The average Bonchev–Trinajstić information content (AvgIpc) is 2.41. The van der Waals surface area contributed by atoms with Crippen LogP contribution in [0.3, 0.4) is 0 Å². The number of benzene rings is 1. The maximum Gasteiger partial charge on any atom is 0.100 e. The number of rotatable bonds is 4. The minimum atomic E-state index is -0.526. The monoisotopic (exact) mass is 241 g/mol. The molecule has 0 aliphatic carbocycles. The minimum Gasteiger partial charge on any atom is -0.386 e. The van der Waals surface area contributed by atoms with Gasteiger partial charge < -0.3 is 5.11 Å². The second kappa shape index (κ2) is 5.78. The van der Waals surface area contributed by atoms with Gasteiger partial charge in [-0.2, -0.15) is 0 Å². The third-order valence-electron chi connectivity index (χ3n) is 3.30. The molecule has 2 heteroatoms. The molecule has 0 aliphatic rings. The van der Waals surface area contributed by atoms with Crippen LogP contribution in [-0.4, -0.2) is 10.1 Å². The molecule has 18 heavy (non-hydrogen) atoms. The van der Waals surface area contributed by atoms with Crippen LogP contribution in [0.15, 0.2) is 42.6 Å². The smallest absolute Gasteiger partial charge is 0.100 e. The first-order valence-corrected chi connectivity index (χ1v) is 6.38. The van der Waals surface area contributed by atoms with Crippen LogP contribution in [0.2, 0.25) is 0 Å². The van der Waals surface area contributed by atoms with Crippen LogP contribution >= 0.6 is 0 Å². The van der Waals surface area contributed by atoms with E-state index in [0.717, 1.165) is 17.7 Å². The molecule has 0 aliphatic heterocycles. The Balaban J connectivity index is 2.22. The van der Waals surface area contributed by atoms with Gasteiger partial charge in [0.2, 0.25) is 0 Å². The largest absolute Gasteiger partial charge is 0.386 e. The van der Waals surface area contributed by atoms with Crippen LogP contribution in [0.1, 0.15) is 35.4 Å². The van der Waals surface area contributed by atoms with Gasteiger partial charge in [-0.25, -0.2) is 0 Å². The molecule has 2 aromatic rings. The van der Waals surface area contributed by atoms with Crippen molar-refractivity contribution in [2.24, 2.45) is 0 Å². The SMILES string of the molecule is CCc1cccnc1C(O)Cc1ccccc1C. The van der Waals surface area contributed by atoms with Crippen molar-refractivity contribution in [1.82, 2.24) is 4.98 Å². The highest BCUT2D eigenvalue weighted by atomic mass is 16.3. The maximum absolute atomic E-state index is 10.3. The van der Waals surface area contributed by atoms with Crippen molar-refractivity contribution >= 4 is 0 Å². The summed E-state index contributed by atoms with van der Waals surface area (Å²) in [5.74, 6) is 0. The number of nitrogens with zero attached hydrogens (tertiary/aromatic N) is 1. The molecule has 1 atom stereocenters. The predicted octanol–water partition coefficient (Wildman–Crippen LogP) is 3.23. The highest BCUT2D eigenvalue weighted by Crippen LogP contribution is 2.21. The van der Waals surface area contributed by atoms with Crippen LogP contribution in [0.25, 0.3) is 0 Å². The van der Waals surface area contributed by atoms with E-state index in [-0.39, 0.29) is 0 Å². The third-order valence-corrected chi connectivity index (χ3v) is 3.30. The summed E-state index contributed by atoms with van der Waals surface area (Å²) in [7, 11) is 0. The Morgan fingerprint density at radius 3 is 2.56 bits per heavy atom. The topological polar surface area (TPSA) is 33.1 Å². The van der Waals surface area contributed by atoms with Gasteiger partial charge in [-0.05, 0) is 36.1 Å². The second-order valence-electron chi connectivity index (χ2n) is 4.55. The van der Waals surface area contributed by atoms with Crippen molar-refractivity contribution in [2.75, 3.05) is 0 Å². The average molecular weight is 241 g/mol. The molecule has 94 valence electrons. The predicted molar refractivity (Wildman–Crippen MR) is 73.5 cm³/mol. The summed E-state index contributed by atoms with van der Waals surface area (Å²) >= 11 is 0. The van der Waals surface area contributed by atoms with Gasteiger partial charge in [0, 0.05) is 12.6 Å². The van der Waals surface area contributed by atoms with E-state index in [1.54, 1.807) is 6.20 Å². The van der Waals surface area contributed by atoms with Crippen molar-refractivity contribution in [3.05, 3.63) is 65.0 Å². The van der Waals surface area contributed by atoms with Gasteiger partial charge in [0.1, 0.15) is 6.10 Å². The molecule has 1 unspecified atom stereocenters. The number of aliphatic hydroxyl groups is 1. The Kier molecular flexibility index (Phi) is 4.11. The van der Waals surface area contributed by atoms with E-state index in [9.17, 15) is 5.11 Å². The van der Waals surface area contributed by atoms with Gasteiger partial charge in [-0.15, -0.1) is 0 Å². The molecule has 2 nitrogen and oxygen atoms in total. The maximum atomic E-state index is 10.3. The Hall–Kier alpha value is -1.67. The Bertz CT molecular complexity index is 522. The highest BCUT2D eigenvalue weighted by molar-refractivity contribution is 5.29. The summed E-state index contributed by atoms with van der Waals surface area (Å²) < 4.78 is 0. The van der Waals surface area contributed by atoms with Crippen molar-refractivity contribution in [3.63, 3.8) is 0 Å². The molecule has 0 amide bonds. The molecule has 1 aromatic carbocycles. The van der Waals surface area contributed by atoms with Gasteiger partial charge in [0.15, 0.2) is 0 Å². The van der Waals surface area contributed by atoms with Crippen molar-refractivity contribution in [1.29, 1.82) is 0 Å². The molecule has 2 rings (SSSR count). The Labute approximate surface area is 108 Å². The van der Waals surface area contributed by atoms with Gasteiger partial charge in [0.25, 0.3) is 0 Å². The van der Waals surface area contributed by atoms with Crippen LogP contribution < -0.4 is 0 Å². The molecule has 0 bridgehead atoms. The van der Waals surface area contributed by atoms with E-state index in [1.165, 1.54) is 11.1 Å². The molecule has 0 saturated heterocycles. The number of pyridine rings is 1. The normalized spacial score (nSPS) is 12.4. The number of aryl methyl sites for hydroxylation is 2. The summed E-state index contributed by atoms with van der Waals surface area (Å²) in [6, 6.07) is 12.1. The lowest BCUT2D eigenvalue weighted by atomic mass is 9.98. The van der Waals surface area contributed by atoms with E-state index in [4.69, 9.17) is 0 Å². The fourth-order valence-electron chi connectivity index (χ4n) is 2.19. The zero-order valence-corrected chi connectivity index (χ0v) is 10.9. The first-order chi connectivity index (χ1) is 8.72. The minimum absolute atomic E-state index is 0.526. The van der Waals surface area contributed by atoms with Crippen LogP contribution in [-0.2, 0) is 12.8 Å². The molecule has 1 heterocycles. The Morgan fingerprint density at radius 2 is 1.83 bits per heavy atom. The van der Waals surface area contributed by atoms with E-state index in [2.05, 4.69) is 31.0 Å². The standard InChI is InChI=1S/C16H19NO/c1-3-13-9-6-10-17-16(13)15(18)11-14-8-5-4-7-12(14)2/h4-10,15,18H,3,11H2,1-2H3. The van der Waals surface area contributed by atoms with E-state index >= 15 is 0 Å². The molecule has 0 saturated carbocycles. The molecular weight excluding hydrogens is 222 g/mol. The fourth-order valence-corrected chi connectivity index (χ4v) is 2.19. The number of aliphatic hydroxyl groups excluding tert-OH is 1. The van der Waals surface area contributed by atoms with Crippen molar-refractivity contribution < 1.29 is 5.11 Å². The van der Waals surface area contributed by atoms with E-state index in [1.807, 2.05) is 24.3 Å². The molecule has 0 radical (unpaired) electrons. The lowest BCUT2D eigenvalue weighted by molar-refractivity contribution is 0.172. The number of aromatic nitrogens is 1. The quantitative estimate of drug-likeness (QED) is 0.891. The Morgan fingerprint density at radius 1 is 1.11 bits per heavy atom. The molecule has 0 spiro atoms. The van der Waals surface area contributed by atoms with Gasteiger partial charge >= 0.3 is 0 Å². The van der Waals surface area contributed by atoms with Gasteiger partial charge in [-0.1, -0.05) is 37.3 Å². The molecule has 1 aromatic heterocycles. The van der Waals surface area contributed by atoms with E-state index < -0.39 is 6.10 Å². The van der Waals surface area contributed by atoms with Crippen LogP contribution in [0.5, 0.6) is 0 Å². The first-order valence-electron chi connectivity index (χ1n) is 6.38. The van der Waals surface area contributed by atoms with Crippen molar-refractivity contribution in [2.45, 2.75) is 32.8 Å². The fraction of sp³-hybridized carbons (Fsp3) is 0.312. The summed E-state index contributed by atoms with van der Waals surface area (Å²) in [6.07, 6.45) is 2.74. The summed E-state index contributed by atoms with van der Waals surface area (Å²) in [6.45, 7) is 4.15. The number of hydrogen-bond donors (Lipinski definition) is 1. The van der Waals surface area contributed by atoms with Gasteiger partial charge in [-0.3, -0.25) is 4.98 Å². The summed E-state index contributed by atoms with van der Waals surface area (Å²) in [5, 5.41) is 10.3. The van der Waals surface area contributed by atoms with E-state index in [0.29, 0.717) is 6.42 Å². The van der Waals surface area contributed by atoms with Gasteiger partial charge in [0.05, 0.1) is 5.69 Å². The third kappa shape index (κ3) is 2.77. The van der Waals surface area contributed by atoms with Crippen LogP contribution in [0.4, 0.5) is 0 Å². The first kappa shape index (κ1) is 12.8. The molecule has 1 N–H and O–H groups in total. The number of hydrogen-bond acceptors (Lipinski definition) is 2. The van der Waals surface area contributed by atoms with Crippen molar-refractivity contribution in [3.8, 4) is 0 Å². The molecular formula is C16H19NO. The second-order valence-corrected chi connectivity index (χ2v) is 4.55. The lowest BCUT2D eigenvalue weighted by Gasteiger charge is -2.14. The zero-order chi connectivity index (χ0) is 13.0. The van der Waals surface area contributed by atoms with Crippen LogP contribution in [0, 0.1) is 6.92 Å². The lowest BCUT2D eigenvalue weighted by Crippen LogP contribution is -2.08. The zero-order valence-electron chi connectivity index (χ0n) is 10.9. The summed E-state index contributed by atoms with van der Waals surface area (Å²) in [4.78, 5) is 4.33. The highest BCUT2D eigenvalue weighted by Gasteiger charge is 2.14. The molecule has 0 fully saturated rings.